The molecule has 10 nitrogen and oxygen atoms in total. The molecule has 0 aromatic carbocycles. The number of carbonyl (C=O) groups excluding carboxylic acids is 1. The summed E-state index contributed by atoms with van der Waals surface area (Å²) in [6.07, 6.45) is 6.65. The SMILES string of the molecule is Cn1cc(Nc2ncc(Cl)c(N3C[C@@H]4CN(C(=O)c5ccno5)C[C@]4(C)C3)n2)cn1. The summed E-state index contributed by atoms with van der Waals surface area (Å²) in [6, 6.07) is 1.60. The Labute approximate surface area is 177 Å². The van der Waals surface area contributed by atoms with Crippen molar-refractivity contribution in [1.82, 2.24) is 29.8 Å². The number of aryl methyl sites for hydroxylation is 1. The zero-order valence-corrected chi connectivity index (χ0v) is 17.4. The van der Waals surface area contributed by atoms with Crippen molar-refractivity contribution in [3.63, 3.8) is 0 Å². The fraction of sp³-hybridized carbons (Fsp3) is 0.421. The monoisotopic (exact) mass is 428 g/mol. The van der Waals surface area contributed by atoms with Gasteiger partial charge >= 0.3 is 0 Å². The molecule has 3 aromatic heterocycles. The van der Waals surface area contributed by atoms with Crippen molar-refractivity contribution in [3.05, 3.63) is 41.6 Å². The van der Waals surface area contributed by atoms with Gasteiger partial charge < -0.3 is 19.6 Å². The van der Waals surface area contributed by atoms with E-state index in [0.29, 0.717) is 35.8 Å². The minimum absolute atomic E-state index is 0.0547. The van der Waals surface area contributed by atoms with Gasteiger partial charge in [0, 0.05) is 56.8 Å². The largest absolute Gasteiger partial charge is 0.354 e. The molecular formula is C19H21ClN8O2. The number of fused-ring (bicyclic) bond motifs is 1. The first kappa shape index (κ1) is 18.9. The molecular weight excluding hydrogens is 408 g/mol. The normalized spacial score (nSPS) is 23.1. The summed E-state index contributed by atoms with van der Waals surface area (Å²) in [5.74, 6) is 1.64. The number of rotatable bonds is 4. The predicted octanol–water partition coefficient (Wildman–Crippen LogP) is 2.19. The van der Waals surface area contributed by atoms with Crippen LogP contribution in [0.15, 0.2) is 35.4 Å². The number of halogens is 1. The molecule has 5 heterocycles. The van der Waals surface area contributed by atoms with Gasteiger partial charge in [0.1, 0.15) is 5.02 Å². The van der Waals surface area contributed by atoms with E-state index in [-0.39, 0.29) is 17.1 Å². The van der Waals surface area contributed by atoms with Crippen molar-refractivity contribution in [1.29, 1.82) is 0 Å². The zero-order chi connectivity index (χ0) is 20.9. The molecule has 3 aromatic rings. The van der Waals surface area contributed by atoms with E-state index in [2.05, 4.69) is 37.4 Å². The molecule has 30 heavy (non-hydrogen) atoms. The van der Waals surface area contributed by atoms with Crippen LogP contribution in [-0.4, -0.2) is 61.9 Å². The number of nitrogens with zero attached hydrogens (tertiary/aromatic N) is 7. The lowest BCUT2D eigenvalue weighted by molar-refractivity contribution is 0.0733. The van der Waals surface area contributed by atoms with Crippen LogP contribution in [0.25, 0.3) is 0 Å². The van der Waals surface area contributed by atoms with Crippen molar-refractivity contribution < 1.29 is 9.32 Å². The van der Waals surface area contributed by atoms with Crippen molar-refractivity contribution >= 4 is 35.0 Å². The third-order valence-electron chi connectivity index (χ3n) is 5.89. The van der Waals surface area contributed by atoms with Gasteiger partial charge in [-0.2, -0.15) is 10.1 Å². The highest BCUT2D eigenvalue weighted by molar-refractivity contribution is 6.32. The fourth-order valence-corrected chi connectivity index (χ4v) is 4.60. The lowest BCUT2D eigenvalue weighted by Gasteiger charge is -2.26. The summed E-state index contributed by atoms with van der Waals surface area (Å²) in [7, 11) is 1.85. The van der Waals surface area contributed by atoms with Crippen molar-refractivity contribution in [2.24, 2.45) is 18.4 Å². The Morgan fingerprint density at radius 2 is 2.20 bits per heavy atom. The van der Waals surface area contributed by atoms with Gasteiger partial charge in [0.15, 0.2) is 5.82 Å². The van der Waals surface area contributed by atoms with Crippen LogP contribution in [-0.2, 0) is 7.05 Å². The Balaban J connectivity index is 1.32. The van der Waals surface area contributed by atoms with E-state index in [1.54, 1.807) is 23.1 Å². The number of hydrogen-bond donors (Lipinski definition) is 1. The number of anilines is 3. The van der Waals surface area contributed by atoms with Crippen LogP contribution in [0, 0.1) is 11.3 Å². The lowest BCUT2D eigenvalue weighted by Crippen LogP contribution is -2.35. The number of likely N-dealkylation sites (tertiary alicyclic amines) is 1. The summed E-state index contributed by atoms with van der Waals surface area (Å²) in [4.78, 5) is 25.6. The van der Waals surface area contributed by atoms with Crippen molar-refractivity contribution in [2.45, 2.75) is 6.92 Å². The van der Waals surface area contributed by atoms with E-state index in [1.165, 1.54) is 6.20 Å². The number of hydrogen-bond acceptors (Lipinski definition) is 8. The van der Waals surface area contributed by atoms with E-state index >= 15 is 0 Å². The molecule has 2 fully saturated rings. The molecule has 1 amide bonds. The lowest BCUT2D eigenvalue weighted by atomic mass is 9.83. The molecule has 0 aliphatic carbocycles. The third kappa shape index (κ3) is 3.26. The number of amides is 1. The molecule has 0 unspecified atom stereocenters. The highest BCUT2D eigenvalue weighted by atomic mass is 35.5. The van der Waals surface area contributed by atoms with Crippen molar-refractivity contribution in [3.8, 4) is 0 Å². The van der Waals surface area contributed by atoms with Gasteiger partial charge in [-0.3, -0.25) is 9.48 Å². The summed E-state index contributed by atoms with van der Waals surface area (Å²) < 4.78 is 6.74. The van der Waals surface area contributed by atoms with Gasteiger partial charge in [-0.25, -0.2) is 4.98 Å². The van der Waals surface area contributed by atoms with Crippen LogP contribution >= 0.6 is 11.6 Å². The molecule has 11 heteroatoms. The molecule has 156 valence electrons. The van der Waals surface area contributed by atoms with Gasteiger partial charge in [0.25, 0.3) is 5.91 Å². The van der Waals surface area contributed by atoms with Crippen molar-refractivity contribution in [2.75, 3.05) is 36.4 Å². The van der Waals surface area contributed by atoms with Gasteiger partial charge in [-0.1, -0.05) is 23.7 Å². The summed E-state index contributed by atoms with van der Waals surface area (Å²) >= 11 is 6.44. The molecule has 2 aliphatic heterocycles. The van der Waals surface area contributed by atoms with E-state index in [9.17, 15) is 4.79 Å². The molecule has 0 saturated carbocycles. The first-order valence-electron chi connectivity index (χ1n) is 9.64. The fourth-order valence-electron chi connectivity index (χ4n) is 4.39. The van der Waals surface area contributed by atoms with Gasteiger partial charge in [0.05, 0.1) is 24.3 Å². The minimum Gasteiger partial charge on any atom is -0.354 e. The molecule has 1 N–H and O–H groups in total. The Morgan fingerprint density at radius 1 is 1.33 bits per heavy atom. The Kier molecular flexibility index (Phi) is 4.39. The van der Waals surface area contributed by atoms with E-state index in [0.717, 1.165) is 18.8 Å². The summed E-state index contributed by atoms with van der Waals surface area (Å²) in [6.45, 7) is 5.03. The second-order valence-electron chi connectivity index (χ2n) is 8.19. The van der Waals surface area contributed by atoms with E-state index in [4.69, 9.17) is 16.1 Å². The number of nitrogens with one attached hydrogen (secondary N) is 1. The van der Waals surface area contributed by atoms with E-state index in [1.807, 2.05) is 18.1 Å². The second kappa shape index (κ2) is 6.98. The number of aromatic nitrogens is 5. The minimum atomic E-state index is -0.113. The maximum absolute atomic E-state index is 12.6. The summed E-state index contributed by atoms with van der Waals surface area (Å²) in [5.41, 5.74) is 0.749. The highest BCUT2D eigenvalue weighted by Gasteiger charge is 2.51. The van der Waals surface area contributed by atoms with Crippen LogP contribution < -0.4 is 10.2 Å². The maximum Gasteiger partial charge on any atom is 0.292 e. The molecule has 2 saturated heterocycles. The van der Waals surface area contributed by atoms with E-state index < -0.39 is 0 Å². The number of carbonyl (C=O) groups is 1. The molecule has 5 rings (SSSR count). The van der Waals surface area contributed by atoms with Crippen LogP contribution in [0.3, 0.4) is 0 Å². The topological polar surface area (TPSA) is 105 Å². The average Bonchev–Trinajstić information content (AvgIpc) is 3.47. The van der Waals surface area contributed by atoms with Crippen LogP contribution in [0.5, 0.6) is 0 Å². The van der Waals surface area contributed by atoms with Crippen LogP contribution in [0.1, 0.15) is 17.5 Å². The Hall–Kier alpha value is -3.14. The molecule has 0 radical (unpaired) electrons. The second-order valence-corrected chi connectivity index (χ2v) is 8.59. The van der Waals surface area contributed by atoms with Gasteiger partial charge in [0.2, 0.25) is 11.7 Å². The molecule has 2 aliphatic rings. The quantitative estimate of drug-likeness (QED) is 0.674. The van der Waals surface area contributed by atoms with Gasteiger partial charge in [-0.05, 0) is 0 Å². The smallest absolute Gasteiger partial charge is 0.292 e. The highest BCUT2D eigenvalue weighted by Crippen LogP contribution is 2.44. The first-order chi connectivity index (χ1) is 14.4. The predicted molar refractivity (Wildman–Crippen MR) is 110 cm³/mol. The zero-order valence-electron chi connectivity index (χ0n) is 16.6. The molecule has 0 spiro atoms. The molecule has 2 atom stereocenters. The Morgan fingerprint density at radius 3 is 2.90 bits per heavy atom. The van der Waals surface area contributed by atoms with Crippen LogP contribution in [0.2, 0.25) is 5.02 Å². The molecule has 0 bridgehead atoms. The van der Waals surface area contributed by atoms with Crippen LogP contribution in [0.4, 0.5) is 17.5 Å². The summed E-state index contributed by atoms with van der Waals surface area (Å²) in [5, 5.41) is 11.4. The standard InChI is InChI=1S/C19H21ClN8O2/c1-19-10-27(7-12(19)8-28(11-19)17(29)15-3-4-23-30-15)16-14(20)6-21-18(25-16)24-13-5-22-26(2)9-13/h3-6,9,12H,7-8,10-11H2,1-2H3,(H,21,24,25)/t12-,19+/m1/s1. The van der Waals surface area contributed by atoms with Gasteiger partial charge in [-0.15, -0.1) is 0 Å². The first-order valence-corrected chi connectivity index (χ1v) is 10.0. The Bertz CT molecular complexity index is 1080. The third-order valence-corrected chi connectivity index (χ3v) is 6.16. The maximum atomic E-state index is 12.6. The average molecular weight is 429 g/mol.